The summed E-state index contributed by atoms with van der Waals surface area (Å²) >= 11 is 0. The van der Waals surface area contributed by atoms with Crippen LogP contribution in [0.2, 0.25) is 0 Å². The molecule has 0 aromatic carbocycles. The summed E-state index contributed by atoms with van der Waals surface area (Å²) in [5.74, 6) is -0.451. The zero-order valence-electron chi connectivity index (χ0n) is 27.5. The molecule has 0 saturated carbocycles. The van der Waals surface area contributed by atoms with E-state index in [4.69, 9.17) is 23.7 Å². The van der Waals surface area contributed by atoms with Crippen molar-refractivity contribution in [3.63, 3.8) is 0 Å². The van der Waals surface area contributed by atoms with Crippen LogP contribution in [0.5, 0.6) is 0 Å². The zero-order chi connectivity index (χ0) is 34.6. The number of unbranched alkanes of at least 4 members (excludes halogenated alkanes) is 8. The van der Waals surface area contributed by atoms with Gasteiger partial charge in [0.1, 0.15) is 61.5 Å². The van der Waals surface area contributed by atoms with Crippen molar-refractivity contribution in [2.75, 3.05) is 26.4 Å². The molecule has 0 unspecified atom stereocenters. The molecular formula is C33H58O14. The van der Waals surface area contributed by atoms with Gasteiger partial charge in [-0.1, -0.05) is 63.3 Å². The third-order valence-corrected chi connectivity index (χ3v) is 8.16. The minimum absolute atomic E-state index is 0.225. The van der Waals surface area contributed by atoms with Crippen LogP contribution in [-0.4, -0.2) is 141 Å². The fourth-order valence-corrected chi connectivity index (χ4v) is 5.18. The molecular weight excluding hydrogens is 620 g/mol. The lowest BCUT2D eigenvalue weighted by molar-refractivity contribution is -0.332. The standard InChI is InChI=1S/C33H58O14/c1-2-3-4-5-6-7-8-9-10-11-12-13-14-15-16-17-25(36)43-19-22(35)20-44-32-31(42)29(40)27(38)24(47-32)21-45-33-30(41)28(39)26(37)23(18-34)46-33/h6-7,9-10,22-24,26-35,37-42H,2-5,8,11-21H2,1H3/b7-6-,10-9-/t22-,23+,24+,26-,27-,28-,29-,30+,31+,32+,33-/m0/s1. The Morgan fingerprint density at radius 2 is 1.23 bits per heavy atom. The van der Waals surface area contributed by atoms with Crippen molar-refractivity contribution in [2.24, 2.45) is 0 Å². The minimum atomic E-state index is -1.73. The topological polar surface area (TPSA) is 225 Å². The minimum Gasteiger partial charge on any atom is -0.463 e. The molecule has 2 heterocycles. The van der Waals surface area contributed by atoms with E-state index < -0.39 is 93.3 Å². The molecule has 0 aromatic rings. The molecule has 2 saturated heterocycles. The molecule has 8 N–H and O–H groups in total. The number of carbonyl (C=O) groups is 1. The maximum Gasteiger partial charge on any atom is 0.305 e. The van der Waals surface area contributed by atoms with Gasteiger partial charge in [0.05, 0.1) is 19.8 Å². The van der Waals surface area contributed by atoms with Crippen molar-refractivity contribution in [3.05, 3.63) is 24.3 Å². The van der Waals surface area contributed by atoms with Crippen LogP contribution in [0.3, 0.4) is 0 Å². The molecule has 11 atom stereocenters. The number of ether oxygens (including phenoxy) is 5. The highest BCUT2D eigenvalue weighted by molar-refractivity contribution is 5.69. The summed E-state index contributed by atoms with van der Waals surface area (Å²) < 4.78 is 26.6. The molecule has 2 aliphatic rings. The molecule has 0 amide bonds. The van der Waals surface area contributed by atoms with Crippen LogP contribution in [0.25, 0.3) is 0 Å². The Morgan fingerprint density at radius 1 is 0.681 bits per heavy atom. The van der Waals surface area contributed by atoms with Gasteiger partial charge in [-0.05, 0) is 38.5 Å². The lowest BCUT2D eigenvalue weighted by atomic mass is 9.98. The van der Waals surface area contributed by atoms with Crippen LogP contribution in [-0.2, 0) is 28.5 Å². The molecule has 2 fully saturated rings. The molecule has 274 valence electrons. The Labute approximate surface area is 277 Å². The van der Waals surface area contributed by atoms with E-state index in [2.05, 4.69) is 31.2 Å². The van der Waals surface area contributed by atoms with Crippen LogP contribution in [0.1, 0.15) is 84.0 Å². The highest BCUT2D eigenvalue weighted by atomic mass is 16.7. The van der Waals surface area contributed by atoms with Crippen molar-refractivity contribution in [1.82, 2.24) is 0 Å². The van der Waals surface area contributed by atoms with Gasteiger partial charge in [-0.2, -0.15) is 0 Å². The molecule has 2 rings (SSSR count). The predicted molar refractivity (Wildman–Crippen MR) is 169 cm³/mol. The molecule has 0 bridgehead atoms. The second-order valence-corrected chi connectivity index (χ2v) is 12.2. The van der Waals surface area contributed by atoms with Crippen LogP contribution in [0, 0.1) is 0 Å². The molecule has 0 spiro atoms. The summed E-state index contributed by atoms with van der Waals surface area (Å²) in [6, 6.07) is 0. The molecule has 0 radical (unpaired) electrons. The largest absolute Gasteiger partial charge is 0.463 e. The highest BCUT2D eigenvalue weighted by Gasteiger charge is 2.47. The van der Waals surface area contributed by atoms with Crippen molar-refractivity contribution >= 4 is 5.97 Å². The first-order valence-corrected chi connectivity index (χ1v) is 17.0. The summed E-state index contributed by atoms with van der Waals surface area (Å²) in [5, 5.41) is 80.3. The summed E-state index contributed by atoms with van der Waals surface area (Å²) in [7, 11) is 0. The first-order valence-electron chi connectivity index (χ1n) is 17.0. The average molecular weight is 679 g/mol. The summed E-state index contributed by atoms with van der Waals surface area (Å²) in [6.07, 6.45) is 4.08. The maximum absolute atomic E-state index is 12.1. The van der Waals surface area contributed by atoms with Gasteiger partial charge < -0.3 is 64.5 Å². The van der Waals surface area contributed by atoms with Gasteiger partial charge in [0.25, 0.3) is 0 Å². The van der Waals surface area contributed by atoms with E-state index >= 15 is 0 Å². The number of aliphatic hydroxyl groups is 8. The first kappa shape index (κ1) is 41.6. The third kappa shape index (κ3) is 15.3. The van der Waals surface area contributed by atoms with E-state index in [0.29, 0.717) is 6.42 Å². The first-order chi connectivity index (χ1) is 22.6. The number of allylic oxidation sites excluding steroid dienone is 4. The van der Waals surface area contributed by atoms with Crippen LogP contribution in [0.15, 0.2) is 24.3 Å². The molecule has 2 aliphatic heterocycles. The van der Waals surface area contributed by atoms with Gasteiger partial charge in [0.2, 0.25) is 0 Å². The summed E-state index contributed by atoms with van der Waals surface area (Å²) in [4.78, 5) is 12.1. The van der Waals surface area contributed by atoms with E-state index in [-0.39, 0.29) is 13.0 Å². The second-order valence-electron chi connectivity index (χ2n) is 12.2. The maximum atomic E-state index is 12.1. The Morgan fingerprint density at radius 3 is 1.87 bits per heavy atom. The van der Waals surface area contributed by atoms with E-state index in [1.54, 1.807) is 0 Å². The Hall–Kier alpha value is -1.53. The summed E-state index contributed by atoms with van der Waals surface area (Å²) in [6.45, 7) is 0.250. The van der Waals surface area contributed by atoms with Crippen LogP contribution < -0.4 is 0 Å². The van der Waals surface area contributed by atoms with Crippen molar-refractivity contribution in [3.8, 4) is 0 Å². The zero-order valence-corrected chi connectivity index (χ0v) is 27.5. The molecule has 14 heteroatoms. The molecule has 47 heavy (non-hydrogen) atoms. The normalized spacial score (nSPS) is 32.3. The van der Waals surface area contributed by atoms with E-state index in [1.807, 2.05) is 0 Å². The number of hydrogen-bond acceptors (Lipinski definition) is 14. The average Bonchev–Trinajstić information content (AvgIpc) is 3.06. The van der Waals surface area contributed by atoms with Gasteiger partial charge in [-0.25, -0.2) is 0 Å². The highest BCUT2D eigenvalue weighted by Crippen LogP contribution is 2.26. The predicted octanol–water partition coefficient (Wildman–Crippen LogP) is 0.345. The van der Waals surface area contributed by atoms with Gasteiger partial charge in [-0.15, -0.1) is 0 Å². The molecule has 0 aromatic heterocycles. The van der Waals surface area contributed by atoms with E-state index in [9.17, 15) is 45.6 Å². The molecule has 0 aliphatic carbocycles. The fourth-order valence-electron chi connectivity index (χ4n) is 5.18. The quantitative estimate of drug-likeness (QED) is 0.0415. The van der Waals surface area contributed by atoms with Gasteiger partial charge in [-0.3, -0.25) is 4.79 Å². The molecule has 14 nitrogen and oxygen atoms in total. The Kier molecular flexibility index (Phi) is 21.1. The summed E-state index contributed by atoms with van der Waals surface area (Å²) in [5.41, 5.74) is 0. The second kappa shape index (κ2) is 23.8. The fraction of sp³-hybridized carbons (Fsp3) is 0.848. The van der Waals surface area contributed by atoms with Crippen molar-refractivity contribution < 1.29 is 69.3 Å². The Bertz CT molecular complexity index is 885. The number of hydrogen-bond donors (Lipinski definition) is 8. The number of carbonyl (C=O) groups excluding carboxylic acids is 1. The van der Waals surface area contributed by atoms with Gasteiger partial charge >= 0.3 is 5.97 Å². The van der Waals surface area contributed by atoms with Crippen molar-refractivity contribution in [2.45, 2.75) is 151 Å². The Balaban J connectivity index is 1.58. The monoisotopic (exact) mass is 678 g/mol. The number of esters is 1. The van der Waals surface area contributed by atoms with Gasteiger partial charge in [0, 0.05) is 6.42 Å². The van der Waals surface area contributed by atoms with E-state index in [0.717, 1.165) is 44.9 Å². The van der Waals surface area contributed by atoms with E-state index in [1.165, 1.54) is 19.3 Å². The SMILES string of the molecule is CCCCC/C=C\C/C=C\CCCCCCCC(=O)OC[C@H](O)CO[C@@H]1O[C@H](CO[C@H]2O[C@H](CO)[C@H](O)[C@H](O)[C@H]2O)[C@H](O)[C@H](O)[C@H]1O. The van der Waals surface area contributed by atoms with Crippen LogP contribution >= 0.6 is 0 Å². The van der Waals surface area contributed by atoms with Gasteiger partial charge in [0.15, 0.2) is 12.6 Å². The lowest BCUT2D eigenvalue weighted by Gasteiger charge is -2.42. The van der Waals surface area contributed by atoms with Crippen LogP contribution in [0.4, 0.5) is 0 Å². The number of aliphatic hydroxyl groups excluding tert-OH is 8. The lowest BCUT2D eigenvalue weighted by Crippen LogP contribution is -2.61. The smallest absolute Gasteiger partial charge is 0.305 e. The number of rotatable bonds is 23. The third-order valence-electron chi connectivity index (χ3n) is 8.16. The van der Waals surface area contributed by atoms with Crippen molar-refractivity contribution in [1.29, 1.82) is 0 Å².